The summed E-state index contributed by atoms with van der Waals surface area (Å²) in [7, 11) is 0. The minimum atomic E-state index is -0.556. The molecule has 0 radical (unpaired) electrons. The van der Waals surface area contributed by atoms with Crippen LogP contribution in [0.4, 0.5) is 10.6 Å². The summed E-state index contributed by atoms with van der Waals surface area (Å²) in [5.74, 6) is -0.195. The monoisotopic (exact) mass is 452 g/mol. The highest BCUT2D eigenvalue weighted by Crippen LogP contribution is 2.32. The van der Waals surface area contributed by atoms with Crippen LogP contribution in [0.25, 0.3) is 16.8 Å². The number of aryl methyl sites for hydroxylation is 1. The number of carbonyl (C=O) groups excluding carboxylic acids is 2. The topological polar surface area (TPSA) is 99.2 Å². The average Bonchev–Trinajstić information content (AvgIpc) is 3.21. The molecule has 1 fully saturated rings. The maximum atomic E-state index is 12.3. The van der Waals surface area contributed by atoms with Crippen molar-refractivity contribution in [1.82, 2.24) is 9.55 Å². The number of amides is 2. The van der Waals surface area contributed by atoms with Gasteiger partial charge in [0.15, 0.2) is 0 Å². The number of hydrogen-bond donors (Lipinski definition) is 2. The second-order valence-electron chi connectivity index (χ2n) is 7.98. The Morgan fingerprint density at radius 2 is 1.91 bits per heavy atom. The van der Waals surface area contributed by atoms with Crippen molar-refractivity contribution in [3.8, 4) is 16.8 Å². The molecule has 4 rings (SSSR count). The predicted molar refractivity (Wildman–Crippen MR) is 124 cm³/mol. The number of ether oxygens (including phenoxy) is 1. The lowest BCUT2D eigenvalue weighted by molar-refractivity contribution is 0.0864. The van der Waals surface area contributed by atoms with Gasteiger partial charge in [-0.1, -0.05) is 36.2 Å². The zero-order valence-electron chi connectivity index (χ0n) is 17.8. The van der Waals surface area contributed by atoms with E-state index in [0.717, 1.165) is 36.9 Å². The number of halogens is 1. The van der Waals surface area contributed by atoms with Gasteiger partial charge >= 0.3 is 6.09 Å². The van der Waals surface area contributed by atoms with Gasteiger partial charge in [0.25, 0.3) is 5.91 Å². The summed E-state index contributed by atoms with van der Waals surface area (Å²) in [4.78, 5) is 28.7. The number of carbonyl (C=O) groups is 2. The first-order valence-corrected chi connectivity index (χ1v) is 11.0. The molecule has 2 amide bonds. The van der Waals surface area contributed by atoms with E-state index < -0.39 is 12.0 Å². The van der Waals surface area contributed by atoms with Crippen LogP contribution in [0, 0.1) is 6.92 Å². The van der Waals surface area contributed by atoms with Crippen molar-refractivity contribution >= 4 is 29.4 Å². The van der Waals surface area contributed by atoms with Gasteiger partial charge in [-0.05, 0) is 44.2 Å². The Morgan fingerprint density at radius 1 is 1.16 bits per heavy atom. The second kappa shape index (κ2) is 9.44. The van der Waals surface area contributed by atoms with E-state index in [1.54, 1.807) is 35.3 Å². The minimum Gasteiger partial charge on any atom is -0.446 e. The van der Waals surface area contributed by atoms with Crippen LogP contribution < -0.4 is 11.1 Å². The smallest absolute Gasteiger partial charge is 0.413 e. The van der Waals surface area contributed by atoms with Crippen molar-refractivity contribution in [2.24, 2.45) is 5.73 Å². The van der Waals surface area contributed by atoms with E-state index in [4.69, 9.17) is 22.1 Å². The van der Waals surface area contributed by atoms with Crippen LogP contribution in [0.2, 0.25) is 5.02 Å². The van der Waals surface area contributed by atoms with E-state index in [-0.39, 0.29) is 6.10 Å². The quantitative estimate of drug-likeness (QED) is 0.535. The molecule has 7 nitrogen and oxygen atoms in total. The fourth-order valence-corrected chi connectivity index (χ4v) is 4.25. The van der Waals surface area contributed by atoms with E-state index in [1.807, 2.05) is 25.1 Å². The molecular formula is C24H25ClN4O3. The molecule has 3 aromatic rings. The van der Waals surface area contributed by atoms with Gasteiger partial charge in [0.1, 0.15) is 11.9 Å². The zero-order chi connectivity index (χ0) is 22.7. The minimum absolute atomic E-state index is 0.0468. The lowest BCUT2D eigenvalue weighted by Crippen LogP contribution is -2.24. The molecule has 0 spiro atoms. The van der Waals surface area contributed by atoms with Crippen LogP contribution in [0.15, 0.2) is 48.9 Å². The van der Waals surface area contributed by atoms with Crippen molar-refractivity contribution in [3.63, 3.8) is 0 Å². The number of benzene rings is 1. The summed E-state index contributed by atoms with van der Waals surface area (Å²) < 4.78 is 7.31. The molecule has 1 saturated carbocycles. The zero-order valence-corrected chi connectivity index (χ0v) is 18.6. The highest BCUT2D eigenvalue weighted by molar-refractivity contribution is 6.33. The summed E-state index contributed by atoms with van der Waals surface area (Å²) in [5, 5.41) is 3.23. The maximum Gasteiger partial charge on any atom is 0.413 e. The Morgan fingerprint density at radius 3 is 2.62 bits per heavy atom. The first kappa shape index (κ1) is 21.9. The van der Waals surface area contributed by atoms with E-state index in [1.165, 1.54) is 6.42 Å². The van der Waals surface area contributed by atoms with Gasteiger partial charge in [0.2, 0.25) is 0 Å². The van der Waals surface area contributed by atoms with Crippen LogP contribution in [0.3, 0.4) is 0 Å². The third kappa shape index (κ3) is 4.78. The largest absolute Gasteiger partial charge is 0.446 e. The summed E-state index contributed by atoms with van der Waals surface area (Å²) in [6.07, 6.45) is 9.68. The molecule has 1 aliphatic carbocycles. The fraction of sp³-hybridized carbons (Fsp3) is 0.292. The molecule has 0 aliphatic heterocycles. The lowest BCUT2D eigenvalue weighted by atomic mass is 9.98. The van der Waals surface area contributed by atoms with E-state index in [9.17, 15) is 9.59 Å². The van der Waals surface area contributed by atoms with Gasteiger partial charge in [-0.25, -0.2) is 9.78 Å². The Bertz CT molecular complexity index is 1150. The molecule has 8 heteroatoms. The van der Waals surface area contributed by atoms with Crippen LogP contribution in [0.1, 0.15) is 48.0 Å². The Hall–Kier alpha value is -3.32. The summed E-state index contributed by atoms with van der Waals surface area (Å²) >= 11 is 6.35. The Labute approximate surface area is 191 Å². The van der Waals surface area contributed by atoms with Crippen molar-refractivity contribution in [2.75, 3.05) is 5.32 Å². The number of nitrogens with one attached hydrogen (secondary N) is 1. The molecule has 0 bridgehead atoms. The van der Waals surface area contributed by atoms with Crippen molar-refractivity contribution in [3.05, 3.63) is 65.1 Å². The summed E-state index contributed by atoms with van der Waals surface area (Å²) in [5.41, 5.74) is 8.92. The number of anilines is 1. The molecule has 0 saturated heterocycles. The molecule has 2 aromatic heterocycles. The molecule has 0 atom stereocenters. The van der Waals surface area contributed by atoms with E-state index in [0.29, 0.717) is 27.5 Å². The number of nitrogens with zero attached hydrogens (tertiary/aromatic N) is 2. The molecule has 1 aromatic carbocycles. The molecular weight excluding hydrogens is 428 g/mol. The Kier molecular flexibility index (Phi) is 6.46. The van der Waals surface area contributed by atoms with Crippen molar-refractivity contribution in [2.45, 2.75) is 45.1 Å². The van der Waals surface area contributed by atoms with Gasteiger partial charge in [-0.3, -0.25) is 10.1 Å². The maximum absolute atomic E-state index is 12.3. The number of hydrogen-bond acceptors (Lipinski definition) is 4. The van der Waals surface area contributed by atoms with Gasteiger partial charge in [0.05, 0.1) is 11.3 Å². The third-order valence-corrected chi connectivity index (χ3v) is 5.99. The lowest BCUT2D eigenvalue weighted by Gasteiger charge is -2.21. The van der Waals surface area contributed by atoms with Crippen molar-refractivity contribution in [1.29, 1.82) is 0 Å². The standard InChI is InChI=1S/C24H25ClN4O3/c1-15-12-27-22(28-24(31)32-16-7-3-2-4-8-16)11-21(15)29-13-18(19(14-29)23(26)30)17-9-5-6-10-20(17)25/h5-6,9-14,16H,2-4,7-8H2,1H3,(H2,26,30)(H,27,28,31). The molecule has 3 N–H and O–H groups in total. The SMILES string of the molecule is Cc1cnc(NC(=O)OC2CCCCC2)cc1-n1cc(C(N)=O)c(-c2ccccc2Cl)c1. The number of rotatable bonds is 5. The van der Waals surface area contributed by atoms with Gasteiger partial charge in [-0.15, -0.1) is 0 Å². The molecule has 32 heavy (non-hydrogen) atoms. The first-order valence-electron chi connectivity index (χ1n) is 10.6. The number of pyridine rings is 1. The predicted octanol–water partition coefficient (Wildman–Crippen LogP) is 5.48. The van der Waals surface area contributed by atoms with Crippen LogP contribution in [-0.4, -0.2) is 27.7 Å². The normalized spacial score (nSPS) is 14.2. The van der Waals surface area contributed by atoms with Gasteiger partial charge in [-0.2, -0.15) is 0 Å². The molecule has 166 valence electrons. The molecule has 1 aliphatic rings. The van der Waals surface area contributed by atoms with Crippen LogP contribution in [0.5, 0.6) is 0 Å². The molecule has 2 heterocycles. The third-order valence-electron chi connectivity index (χ3n) is 5.66. The van der Waals surface area contributed by atoms with E-state index >= 15 is 0 Å². The molecule has 0 unspecified atom stereocenters. The van der Waals surface area contributed by atoms with Crippen LogP contribution >= 0.6 is 11.6 Å². The highest BCUT2D eigenvalue weighted by atomic mass is 35.5. The van der Waals surface area contributed by atoms with Crippen molar-refractivity contribution < 1.29 is 14.3 Å². The summed E-state index contributed by atoms with van der Waals surface area (Å²) in [6.45, 7) is 1.89. The average molecular weight is 453 g/mol. The Balaban J connectivity index is 1.62. The fourth-order valence-electron chi connectivity index (χ4n) is 4.01. The second-order valence-corrected chi connectivity index (χ2v) is 8.39. The number of primary amides is 1. The number of nitrogens with two attached hydrogens (primary N) is 1. The van der Waals surface area contributed by atoms with Gasteiger partial charge in [0, 0.05) is 40.8 Å². The van der Waals surface area contributed by atoms with E-state index in [2.05, 4.69) is 10.3 Å². The first-order chi connectivity index (χ1) is 15.4. The highest BCUT2D eigenvalue weighted by Gasteiger charge is 2.20. The number of aromatic nitrogens is 2. The van der Waals surface area contributed by atoms with Crippen LogP contribution in [-0.2, 0) is 4.74 Å². The summed E-state index contributed by atoms with van der Waals surface area (Å²) in [6, 6.07) is 9.00. The van der Waals surface area contributed by atoms with Gasteiger partial charge < -0.3 is 15.0 Å².